The molecular formula is C12H19N3O4S. The van der Waals surface area contributed by atoms with Gasteiger partial charge in [-0.25, -0.2) is 13.6 Å². The Morgan fingerprint density at radius 1 is 1.25 bits per heavy atom. The van der Waals surface area contributed by atoms with E-state index in [9.17, 15) is 13.2 Å². The summed E-state index contributed by atoms with van der Waals surface area (Å²) in [5.74, 6) is -0.0734. The highest BCUT2D eigenvalue weighted by Gasteiger charge is 2.06. The van der Waals surface area contributed by atoms with E-state index in [1.165, 1.54) is 12.1 Å². The molecule has 0 atom stereocenters. The Morgan fingerprint density at radius 3 is 2.45 bits per heavy atom. The second-order valence-electron chi connectivity index (χ2n) is 4.09. The molecule has 0 aliphatic carbocycles. The lowest BCUT2D eigenvalue weighted by molar-refractivity contribution is -0.121. The molecule has 0 saturated heterocycles. The summed E-state index contributed by atoms with van der Waals surface area (Å²) in [7, 11) is -2.10. The minimum atomic E-state index is -3.67. The van der Waals surface area contributed by atoms with E-state index in [-0.39, 0.29) is 10.8 Å². The third kappa shape index (κ3) is 6.00. The van der Waals surface area contributed by atoms with Crippen LogP contribution in [-0.2, 0) is 19.6 Å². The molecule has 20 heavy (non-hydrogen) atoms. The lowest BCUT2D eigenvalue weighted by atomic mass is 10.3. The van der Waals surface area contributed by atoms with Gasteiger partial charge in [-0.2, -0.15) is 0 Å². The van der Waals surface area contributed by atoms with Gasteiger partial charge in [0.05, 0.1) is 11.5 Å². The Labute approximate surface area is 118 Å². The topological polar surface area (TPSA) is 111 Å². The summed E-state index contributed by atoms with van der Waals surface area (Å²) in [6.45, 7) is 1.42. The molecule has 0 radical (unpaired) electrons. The Hall–Kier alpha value is -1.64. The number of nitrogens with one attached hydrogen (secondary N) is 2. The van der Waals surface area contributed by atoms with Crippen LogP contribution in [0.2, 0.25) is 0 Å². The number of rotatable bonds is 8. The quantitative estimate of drug-likeness (QED) is 0.581. The van der Waals surface area contributed by atoms with E-state index in [0.717, 1.165) is 5.69 Å². The largest absolute Gasteiger partial charge is 0.385 e. The van der Waals surface area contributed by atoms with Crippen molar-refractivity contribution in [2.24, 2.45) is 5.14 Å². The van der Waals surface area contributed by atoms with Gasteiger partial charge in [-0.1, -0.05) is 0 Å². The number of primary sulfonamides is 1. The lowest BCUT2D eigenvalue weighted by Gasteiger charge is -2.07. The van der Waals surface area contributed by atoms with Crippen LogP contribution in [0.4, 0.5) is 5.69 Å². The van der Waals surface area contributed by atoms with Gasteiger partial charge in [0.1, 0.15) is 0 Å². The number of nitrogens with two attached hydrogens (primary N) is 1. The summed E-state index contributed by atoms with van der Waals surface area (Å²) in [5.41, 5.74) is 0.724. The highest BCUT2D eigenvalue weighted by atomic mass is 32.2. The van der Waals surface area contributed by atoms with Crippen molar-refractivity contribution in [2.45, 2.75) is 11.3 Å². The van der Waals surface area contributed by atoms with Crippen LogP contribution in [-0.4, -0.2) is 41.1 Å². The fourth-order valence-corrected chi connectivity index (χ4v) is 1.98. The van der Waals surface area contributed by atoms with Crippen molar-refractivity contribution in [3.05, 3.63) is 24.3 Å². The lowest BCUT2D eigenvalue weighted by Crippen LogP contribution is -2.28. The van der Waals surface area contributed by atoms with E-state index < -0.39 is 10.0 Å². The molecule has 8 heteroatoms. The van der Waals surface area contributed by atoms with Crippen molar-refractivity contribution < 1.29 is 17.9 Å². The number of hydrogen-bond acceptors (Lipinski definition) is 5. The van der Waals surface area contributed by atoms with Gasteiger partial charge in [-0.3, -0.25) is 4.79 Å². The van der Waals surface area contributed by atoms with Crippen molar-refractivity contribution >= 4 is 21.6 Å². The van der Waals surface area contributed by atoms with Crippen molar-refractivity contribution in [3.63, 3.8) is 0 Å². The van der Waals surface area contributed by atoms with E-state index in [1.54, 1.807) is 19.2 Å². The minimum Gasteiger partial charge on any atom is -0.385 e. The number of benzene rings is 1. The van der Waals surface area contributed by atoms with Crippen LogP contribution in [0, 0.1) is 0 Å². The molecule has 1 aromatic rings. The Kier molecular flexibility index (Phi) is 6.43. The SMILES string of the molecule is COCCNC(=O)CCNc1ccc(S(N)(=O)=O)cc1. The van der Waals surface area contributed by atoms with Gasteiger partial charge < -0.3 is 15.4 Å². The van der Waals surface area contributed by atoms with Crippen molar-refractivity contribution in [3.8, 4) is 0 Å². The number of anilines is 1. The third-order valence-electron chi connectivity index (χ3n) is 2.49. The standard InChI is InChI=1S/C12H19N3O4S/c1-19-9-8-15-12(16)6-7-14-10-2-4-11(5-3-10)20(13,17)18/h2-5,14H,6-9H2,1H3,(H,15,16)(H2,13,17,18). The average molecular weight is 301 g/mol. The first-order valence-corrected chi connectivity index (χ1v) is 7.60. The van der Waals surface area contributed by atoms with Gasteiger partial charge in [-0.05, 0) is 24.3 Å². The molecule has 0 saturated carbocycles. The van der Waals surface area contributed by atoms with Gasteiger partial charge in [0, 0.05) is 32.3 Å². The molecule has 112 valence electrons. The Bertz CT molecular complexity index is 528. The third-order valence-corrected chi connectivity index (χ3v) is 3.42. The monoisotopic (exact) mass is 301 g/mol. The summed E-state index contributed by atoms with van der Waals surface area (Å²) >= 11 is 0. The molecule has 0 bridgehead atoms. The molecule has 1 rings (SSSR count). The van der Waals surface area contributed by atoms with E-state index in [0.29, 0.717) is 26.1 Å². The molecule has 1 aromatic carbocycles. The number of methoxy groups -OCH3 is 1. The predicted molar refractivity (Wildman–Crippen MR) is 75.8 cm³/mol. The first-order chi connectivity index (χ1) is 9.43. The summed E-state index contributed by atoms with van der Waals surface area (Å²) in [5, 5.41) is 10.7. The van der Waals surface area contributed by atoms with Gasteiger partial charge in [0.2, 0.25) is 15.9 Å². The summed E-state index contributed by atoms with van der Waals surface area (Å²) in [6, 6.07) is 6.03. The summed E-state index contributed by atoms with van der Waals surface area (Å²) in [6.07, 6.45) is 0.320. The van der Waals surface area contributed by atoms with E-state index in [2.05, 4.69) is 10.6 Å². The maximum absolute atomic E-state index is 11.4. The van der Waals surface area contributed by atoms with E-state index in [4.69, 9.17) is 9.88 Å². The van der Waals surface area contributed by atoms with Crippen molar-refractivity contribution in [2.75, 3.05) is 32.1 Å². The van der Waals surface area contributed by atoms with Crippen LogP contribution in [0.1, 0.15) is 6.42 Å². The highest BCUT2D eigenvalue weighted by Crippen LogP contribution is 2.12. The normalized spacial score (nSPS) is 11.1. The van der Waals surface area contributed by atoms with Crippen LogP contribution in [0.3, 0.4) is 0 Å². The fourth-order valence-electron chi connectivity index (χ4n) is 1.46. The van der Waals surface area contributed by atoms with Gasteiger partial charge >= 0.3 is 0 Å². The molecular weight excluding hydrogens is 282 g/mol. The number of carbonyl (C=O) groups is 1. The molecule has 0 aliphatic rings. The minimum absolute atomic E-state index is 0.0559. The highest BCUT2D eigenvalue weighted by molar-refractivity contribution is 7.89. The van der Waals surface area contributed by atoms with Crippen LogP contribution >= 0.6 is 0 Å². The molecule has 1 amide bonds. The second-order valence-corrected chi connectivity index (χ2v) is 5.65. The zero-order valence-electron chi connectivity index (χ0n) is 11.3. The number of carbonyl (C=O) groups excluding carboxylic acids is 1. The van der Waals surface area contributed by atoms with Gasteiger partial charge in [-0.15, -0.1) is 0 Å². The van der Waals surface area contributed by atoms with Crippen LogP contribution in [0.15, 0.2) is 29.2 Å². The number of amides is 1. The smallest absolute Gasteiger partial charge is 0.238 e. The number of ether oxygens (including phenoxy) is 1. The molecule has 4 N–H and O–H groups in total. The zero-order valence-corrected chi connectivity index (χ0v) is 12.1. The molecule has 0 aliphatic heterocycles. The van der Waals surface area contributed by atoms with Crippen LogP contribution < -0.4 is 15.8 Å². The van der Waals surface area contributed by atoms with Gasteiger partial charge in [0.15, 0.2) is 0 Å². The summed E-state index contributed by atoms with van der Waals surface area (Å²) < 4.78 is 26.9. The van der Waals surface area contributed by atoms with Crippen molar-refractivity contribution in [1.82, 2.24) is 5.32 Å². The maximum Gasteiger partial charge on any atom is 0.238 e. The molecule has 0 heterocycles. The van der Waals surface area contributed by atoms with E-state index in [1.807, 2.05) is 0 Å². The second kappa shape index (κ2) is 7.83. The maximum atomic E-state index is 11.4. The average Bonchev–Trinajstić information content (AvgIpc) is 2.38. The first kappa shape index (κ1) is 16.4. The summed E-state index contributed by atoms with van der Waals surface area (Å²) in [4.78, 5) is 11.4. The number of hydrogen-bond donors (Lipinski definition) is 3. The zero-order chi connectivity index (χ0) is 15.0. The van der Waals surface area contributed by atoms with Crippen molar-refractivity contribution in [1.29, 1.82) is 0 Å². The Balaban J connectivity index is 2.34. The Morgan fingerprint density at radius 2 is 1.90 bits per heavy atom. The van der Waals surface area contributed by atoms with Crippen LogP contribution in [0.5, 0.6) is 0 Å². The molecule has 0 spiro atoms. The molecule has 0 aromatic heterocycles. The van der Waals surface area contributed by atoms with Crippen LogP contribution in [0.25, 0.3) is 0 Å². The fraction of sp³-hybridized carbons (Fsp3) is 0.417. The predicted octanol–water partition coefficient (Wildman–Crippen LogP) is -0.101. The molecule has 7 nitrogen and oxygen atoms in total. The van der Waals surface area contributed by atoms with Gasteiger partial charge in [0.25, 0.3) is 0 Å². The molecule has 0 fully saturated rings. The number of sulfonamides is 1. The molecule has 0 unspecified atom stereocenters. The van der Waals surface area contributed by atoms with E-state index >= 15 is 0 Å². The first-order valence-electron chi connectivity index (χ1n) is 6.06.